The zero-order chi connectivity index (χ0) is 12.7. The third-order valence-electron chi connectivity index (χ3n) is 3.03. The minimum absolute atomic E-state index is 0.0157. The minimum atomic E-state index is -0.978. The van der Waals surface area contributed by atoms with E-state index in [1.54, 1.807) is 23.9 Å². The van der Waals surface area contributed by atoms with Crippen LogP contribution >= 0.6 is 11.8 Å². The molecule has 18 heavy (non-hydrogen) atoms. The van der Waals surface area contributed by atoms with Gasteiger partial charge in [0.25, 0.3) is 5.91 Å². The van der Waals surface area contributed by atoms with Crippen molar-refractivity contribution in [2.24, 2.45) is 11.0 Å². The van der Waals surface area contributed by atoms with Gasteiger partial charge in [0, 0.05) is 11.5 Å². The molecular weight excluding hydrogens is 252 g/mol. The zero-order valence-electron chi connectivity index (χ0n) is 9.37. The first kappa shape index (κ1) is 11.3. The summed E-state index contributed by atoms with van der Waals surface area (Å²) in [6.45, 7) is 0. The molecule has 0 radical (unpaired) electrons. The number of thioether (sulfide) groups is 1. The van der Waals surface area contributed by atoms with Crippen molar-refractivity contribution in [3.8, 4) is 0 Å². The number of carboxylic acid groups (broad SMARTS) is 1. The number of hydrogen-bond acceptors (Lipinski definition) is 4. The fourth-order valence-electron chi connectivity index (χ4n) is 2.05. The maximum absolute atomic E-state index is 12.1. The molecule has 1 unspecified atom stereocenters. The lowest BCUT2D eigenvalue weighted by molar-refractivity contribution is -0.119. The van der Waals surface area contributed by atoms with Crippen molar-refractivity contribution in [2.45, 2.75) is 0 Å². The largest absolute Gasteiger partial charge is 0.478 e. The summed E-state index contributed by atoms with van der Waals surface area (Å²) in [5.41, 5.74) is 1.75. The Bertz CT molecular complexity index is 553. The second-order valence-corrected chi connectivity index (χ2v) is 5.19. The lowest BCUT2D eigenvalue weighted by Gasteiger charge is -2.13. The van der Waals surface area contributed by atoms with Gasteiger partial charge < -0.3 is 5.11 Å². The number of anilines is 1. The minimum Gasteiger partial charge on any atom is -0.478 e. The van der Waals surface area contributed by atoms with E-state index >= 15 is 0 Å². The Hall–Kier alpha value is -1.82. The van der Waals surface area contributed by atoms with Gasteiger partial charge in [-0.15, -0.1) is 0 Å². The van der Waals surface area contributed by atoms with E-state index in [1.165, 1.54) is 17.1 Å². The highest BCUT2D eigenvalue weighted by atomic mass is 32.2. The van der Waals surface area contributed by atoms with Gasteiger partial charge in [0.2, 0.25) is 0 Å². The van der Waals surface area contributed by atoms with Crippen LogP contribution in [0.4, 0.5) is 5.69 Å². The number of amides is 1. The van der Waals surface area contributed by atoms with Crippen LogP contribution in [-0.2, 0) is 4.79 Å². The summed E-state index contributed by atoms with van der Waals surface area (Å²) in [6.07, 6.45) is 0. The van der Waals surface area contributed by atoms with Gasteiger partial charge in [-0.25, -0.2) is 9.80 Å². The Labute approximate surface area is 107 Å². The van der Waals surface area contributed by atoms with Crippen molar-refractivity contribution in [3.63, 3.8) is 0 Å². The predicted molar refractivity (Wildman–Crippen MR) is 69.1 cm³/mol. The van der Waals surface area contributed by atoms with Gasteiger partial charge in [0.15, 0.2) is 0 Å². The molecule has 5 nitrogen and oxygen atoms in total. The third-order valence-corrected chi connectivity index (χ3v) is 4.10. The topological polar surface area (TPSA) is 70.0 Å². The van der Waals surface area contributed by atoms with Crippen LogP contribution in [-0.4, -0.2) is 34.2 Å². The summed E-state index contributed by atoms with van der Waals surface area (Å²) in [5, 5.41) is 14.5. The second-order valence-electron chi connectivity index (χ2n) is 4.16. The highest BCUT2D eigenvalue weighted by Crippen LogP contribution is 2.31. The maximum Gasteiger partial charge on any atom is 0.335 e. The molecule has 1 aromatic carbocycles. The van der Waals surface area contributed by atoms with Crippen molar-refractivity contribution in [1.29, 1.82) is 0 Å². The van der Waals surface area contributed by atoms with Crippen molar-refractivity contribution in [1.82, 2.24) is 0 Å². The van der Waals surface area contributed by atoms with Crippen LogP contribution in [0.1, 0.15) is 10.4 Å². The van der Waals surface area contributed by atoms with Crippen LogP contribution in [0.25, 0.3) is 0 Å². The maximum atomic E-state index is 12.1. The predicted octanol–water partition coefficient (Wildman–Crippen LogP) is 1.45. The molecule has 3 rings (SSSR count). The number of carbonyl (C=O) groups excluding carboxylic acids is 1. The molecule has 2 aliphatic heterocycles. The smallest absolute Gasteiger partial charge is 0.335 e. The Morgan fingerprint density at radius 2 is 2.11 bits per heavy atom. The number of rotatable bonds is 2. The van der Waals surface area contributed by atoms with Gasteiger partial charge in [-0.1, -0.05) is 0 Å². The highest BCUT2D eigenvalue weighted by molar-refractivity contribution is 8.00. The average Bonchev–Trinajstić information content (AvgIpc) is 2.93. The number of hydrazone groups is 1. The molecule has 2 aliphatic rings. The number of carbonyl (C=O) groups is 2. The molecule has 0 saturated carbocycles. The first-order valence-corrected chi connectivity index (χ1v) is 6.65. The lowest BCUT2D eigenvalue weighted by atomic mass is 10.1. The number of nitrogens with zero attached hydrogens (tertiary/aromatic N) is 2. The van der Waals surface area contributed by atoms with Crippen LogP contribution in [0.2, 0.25) is 0 Å². The molecule has 6 heteroatoms. The van der Waals surface area contributed by atoms with Crippen molar-refractivity contribution in [3.05, 3.63) is 29.8 Å². The fourth-order valence-corrected chi connectivity index (χ4v) is 3.20. The Kier molecular flexibility index (Phi) is 2.59. The summed E-state index contributed by atoms with van der Waals surface area (Å²) in [6, 6.07) is 6.18. The van der Waals surface area contributed by atoms with E-state index in [1.807, 2.05) is 0 Å². The quantitative estimate of drug-likeness (QED) is 0.875. The van der Waals surface area contributed by atoms with E-state index in [4.69, 9.17) is 5.11 Å². The van der Waals surface area contributed by atoms with Gasteiger partial charge in [0.1, 0.15) is 0 Å². The van der Waals surface area contributed by atoms with E-state index in [9.17, 15) is 9.59 Å². The molecule has 0 spiro atoms. The Morgan fingerprint density at radius 3 is 2.72 bits per heavy atom. The molecule has 92 valence electrons. The molecule has 1 amide bonds. The lowest BCUT2D eigenvalue weighted by Crippen LogP contribution is -2.27. The molecule has 1 fully saturated rings. The van der Waals surface area contributed by atoms with Crippen molar-refractivity contribution < 1.29 is 14.7 Å². The summed E-state index contributed by atoms with van der Waals surface area (Å²) in [4.78, 5) is 22.8. The van der Waals surface area contributed by atoms with E-state index in [0.29, 0.717) is 5.69 Å². The van der Waals surface area contributed by atoms with Gasteiger partial charge >= 0.3 is 5.97 Å². The molecule has 2 heterocycles. The number of benzene rings is 1. The first-order chi connectivity index (χ1) is 8.66. The van der Waals surface area contributed by atoms with Gasteiger partial charge in [-0.05, 0) is 24.3 Å². The average molecular weight is 262 g/mol. The van der Waals surface area contributed by atoms with E-state index in [0.717, 1.165) is 17.2 Å². The Balaban J connectivity index is 1.90. The standard InChI is InChI=1S/C12H10N2O3S/c15-11-9-5-18-6-10(9)13-14(11)8-3-1-7(2-4-8)12(16)17/h1-4,9H,5-6H2,(H,16,17). The number of carboxylic acids is 1. The SMILES string of the molecule is O=C(O)c1ccc(N2N=C3CSCC3C2=O)cc1. The van der Waals surface area contributed by atoms with Crippen molar-refractivity contribution >= 4 is 35.0 Å². The number of hydrogen-bond donors (Lipinski definition) is 1. The van der Waals surface area contributed by atoms with Gasteiger partial charge in [0.05, 0.1) is 22.9 Å². The van der Waals surface area contributed by atoms with E-state index < -0.39 is 5.97 Å². The summed E-state index contributed by atoms with van der Waals surface area (Å²) >= 11 is 1.72. The fraction of sp³-hybridized carbons (Fsp3) is 0.250. The van der Waals surface area contributed by atoms with Crippen LogP contribution < -0.4 is 5.01 Å². The van der Waals surface area contributed by atoms with E-state index in [-0.39, 0.29) is 17.4 Å². The van der Waals surface area contributed by atoms with Crippen LogP contribution in [0.15, 0.2) is 29.4 Å². The molecule has 0 bridgehead atoms. The van der Waals surface area contributed by atoms with Gasteiger partial charge in [-0.3, -0.25) is 4.79 Å². The van der Waals surface area contributed by atoms with Crippen LogP contribution in [0.3, 0.4) is 0 Å². The summed E-state index contributed by atoms with van der Waals surface area (Å²) in [7, 11) is 0. The highest BCUT2D eigenvalue weighted by Gasteiger charge is 2.39. The van der Waals surface area contributed by atoms with Gasteiger partial charge in [-0.2, -0.15) is 16.9 Å². The molecule has 1 saturated heterocycles. The normalized spacial score (nSPS) is 22.0. The molecule has 0 aliphatic carbocycles. The monoisotopic (exact) mass is 262 g/mol. The molecule has 0 aromatic heterocycles. The molecular formula is C12H10N2O3S. The zero-order valence-corrected chi connectivity index (χ0v) is 10.2. The third kappa shape index (κ3) is 1.69. The van der Waals surface area contributed by atoms with Crippen molar-refractivity contribution in [2.75, 3.05) is 16.5 Å². The molecule has 1 aromatic rings. The van der Waals surface area contributed by atoms with Crippen LogP contribution in [0, 0.1) is 5.92 Å². The summed E-state index contributed by atoms with van der Waals surface area (Å²) in [5.74, 6) is 0.516. The summed E-state index contributed by atoms with van der Waals surface area (Å²) < 4.78 is 0. The first-order valence-electron chi connectivity index (χ1n) is 5.49. The molecule has 1 atom stereocenters. The molecule has 1 N–H and O–H groups in total. The number of aromatic carboxylic acids is 1. The van der Waals surface area contributed by atoms with E-state index in [2.05, 4.69) is 5.10 Å². The van der Waals surface area contributed by atoms with Crippen LogP contribution in [0.5, 0.6) is 0 Å². The Morgan fingerprint density at radius 1 is 1.39 bits per heavy atom. The number of fused-ring (bicyclic) bond motifs is 1. The second kappa shape index (κ2) is 4.13.